The second kappa shape index (κ2) is 3.87. The van der Waals surface area contributed by atoms with Gasteiger partial charge in [0.05, 0.1) is 0 Å². The van der Waals surface area contributed by atoms with Crippen LogP contribution in [0.25, 0.3) is 0 Å². The maximum Gasteiger partial charge on any atom is 0.0463 e. The summed E-state index contributed by atoms with van der Waals surface area (Å²) in [6.45, 7) is 2.80. The number of hydrazine groups is 1. The van der Waals surface area contributed by atoms with Gasteiger partial charge in [0.1, 0.15) is 0 Å². The van der Waals surface area contributed by atoms with Crippen molar-refractivity contribution in [2.45, 2.75) is 6.04 Å². The fourth-order valence-corrected chi connectivity index (χ4v) is 1.68. The highest BCUT2D eigenvalue weighted by Gasteiger charge is 2.17. The van der Waals surface area contributed by atoms with Crippen LogP contribution in [-0.4, -0.2) is 24.6 Å². The molecule has 2 rings (SSSR count). The van der Waals surface area contributed by atoms with Crippen LogP contribution >= 0.6 is 0 Å². The van der Waals surface area contributed by atoms with Crippen LogP contribution in [0.4, 0.5) is 0 Å². The number of rotatable bonds is 1. The third-order valence-electron chi connectivity index (χ3n) is 2.41. The van der Waals surface area contributed by atoms with Crippen LogP contribution in [0.3, 0.4) is 0 Å². The molecule has 1 saturated heterocycles. The van der Waals surface area contributed by atoms with Crippen LogP contribution in [0.15, 0.2) is 30.3 Å². The van der Waals surface area contributed by atoms with Gasteiger partial charge in [0.25, 0.3) is 0 Å². The maximum atomic E-state index is 5.76. The molecule has 0 amide bonds. The molecule has 70 valence electrons. The molecule has 1 fully saturated rings. The molecule has 1 aromatic carbocycles. The molecule has 1 aliphatic rings. The Morgan fingerprint density at radius 2 is 2.08 bits per heavy atom. The molecule has 13 heavy (non-hydrogen) atoms. The minimum atomic E-state index is 0.389. The SMILES string of the molecule is NN1CCNC(c2ccccc2)C1. The van der Waals surface area contributed by atoms with Gasteiger partial charge in [-0.3, -0.25) is 5.84 Å². The van der Waals surface area contributed by atoms with Crippen molar-refractivity contribution in [3.63, 3.8) is 0 Å². The second-order valence-electron chi connectivity index (χ2n) is 3.41. The van der Waals surface area contributed by atoms with Gasteiger partial charge in [-0.05, 0) is 5.56 Å². The Morgan fingerprint density at radius 3 is 2.77 bits per heavy atom. The average molecular weight is 177 g/mol. The standard InChI is InChI=1S/C10H15N3/c11-13-7-6-12-10(8-13)9-4-2-1-3-5-9/h1-5,10,12H,6-8,11H2. The van der Waals surface area contributed by atoms with E-state index >= 15 is 0 Å². The van der Waals surface area contributed by atoms with Crippen LogP contribution in [0.1, 0.15) is 11.6 Å². The van der Waals surface area contributed by atoms with Crippen molar-refractivity contribution in [1.82, 2.24) is 10.3 Å². The van der Waals surface area contributed by atoms with Crippen LogP contribution in [0.2, 0.25) is 0 Å². The average Bonchev–Trinajstić information content (AvgIpc) is 2.19. The first-order valence-electron chi connectivity index (χ1n) is 4.64. The Balaban J connectivity index is 2.08. The normalized spacial score (nSPS) is 24.5. The molecule has 0 spiro atoms. The molecule has 3 N–H and O–H groups in total. The third-order valence-corrected chi connectivity index (χ3v) is 2.41. The molecular formula is C10H15N3. The van der Waals surface area contributed by atoms with E-state index in [0.717, 1.165) is 19.6 Å². The first-order chi connectivity index (χ1) is 6.36. The number of nitrogens with one attached hydrogen (secondary N) is 1. The highest BCUT2D eigenvalue weighted by Crippen LogP contribution is 2.14. The smallest absolute Gasteiger partial charge is 0.0463 e. The third kappa shape index (κ3) is 2.06. The van der Waals surface area contributed by atoms with Gasteiger partial charge in [-0.1, -0.05) is 30.3 Å². The molecule has 0 saturated carbocycles. The van der Waals surface area contributed by atoms with E-state index in [1.165, 1.54) is 5.56 Å². The Kier molecular flexibility index (Phi) is 2.59. The summed E-state index contributed by atoms with van der Waals surface area (Å²) in [7, 11) is 0. The van der Waals surface area contributed by atoms with Gasteiger partial charge in [0.2, 0.25) is 0 Å². The van der Waals surface area contributed by atoms with E-state index in [-0.39, 0.29) is 0 Å². The van der Waals surface area contributed by atoms with Crippen molar-refractivity contribution in [3.05, 3.63) is 35.9 Å². The summed E-state index contributed by atoms with van der Waals surface area (Å²) in [5.74, 6) is 5.76. The van der Waals surface area contributed by atoms with E-state index in [9.17, 15) is 0 Å². The Bertz CT molecular complexity index is 260. The van der Waals surface area contributed by atoms with Gasteiger partial charge >= 0.3 is 0 Å². The van der Waals surface area contributed by atoms with Crippen molar-refractivity contribution in [2.75, 3.05) is 19.6 Å². The molecule has 1 unspecified atom stereocenters. The van der Waals surface area contributed by atoms with Gasteiger partial charge in [0.15, 0.2) is 0 Å². The lowest BCUT2D eigenvalue weighted by Gasteiger charge is -2.30. The molecule has 3 heteroatoms. The molecule has 0 bridgehead atoms. The van der Waals surface area contributed by atoms with Crippen molar-refractivity contribution in [3.8, 4) is 0 Å². The van der Waals surface area contributed by atoms with Crippen LogP contribution in [0, 0.1) is 0 Å². The summed E-state index contributed by atoms with van der Waals surface area (Å²) in [6, 6.07) is 10.8. The van der Waals surface area contributed by atoms with Crippen LogP contribution in [0.5, 0.6) is 0 Å². The maximum absolute atomic E-state index is 5.76. The fourth-order valence-electron chi connectivity index (χ4n) is 1.68. The molecular weight excluding hydrogens is 162 g/mol. The minimum absolute atomic E-state index is 0.389. The van der Waals surface area contributed by atoms with E-state index in [4.69, 9.17) is 5.84 Å². The number of benzene rings is 1. The lowest BCUT2D eigenvalue weighted by atomic mass is 10.1. The summed E-state index contributed by atoms with van der Waals surface area (Å²) in [5, 5.41) is 5.31. The summed E-state index contributed by atoms with van der Waals surface area (Å²) in [5.41, 5.74) is 1.32. The first-order valence-corrected chi connectivity index (χ1v) is 4.64. The molecule has 1 heterocycles. The molecule has 1 atom stereocenters. The van der Waals surface area contributed by atoms with E-state index in [0.29, 0.717) is 6.04 Å². The largest absolute Gasteiger partial charge is 0.307 e. The van der Waals surface area contributed by atoms with E-state index in [2.05, 4.69) is 29.6 Å². The zero-order valence-electron chi connectivity index (χ0n) is 7.61. The summed E-state index contributed by atoms with van der Waals surface area (Å²) >= 11 is 0. The van der Waals surface area contributed by atoms with Crippen molar-refractivity contribution >= 4 is 0 Å². The molecule has 0 aliphatic carbocycles. The molecule has 1 aromatic rings. The highest BCUT2D eigenvalue weighted by atomic mass is 15.4. The highest BCUT2D eigenvalue weighted by molar-refractivity contribution is 5.19. The topological polar surface area (TPSA) is 41.3 Å². The zero-order chi connectivity index (χ0) is 9.10. The van der Waals surface area contributed by atoms with Gasteiger partial charge in [-0.15, -0.1) is 0 Å². The molecule has 1 aliphatic heterocycles. The Hall–Kier alpha value is -0.900. The number of hydrogen-bond acceptors (Lipinski definition) is 3. The molecule has 0 aromatic heterocycles. The summed E-state index contributed by atoms with van der Waals surface area (Å²) in [4.78, 5) is 0. The zero-order valence-corrected chi connectivity index (χ0v) is 7.61. The lowest BCUT2D eigenvalue weighted by Crippen LogP contribution is -2.48. The number of nitrogens with two attached hydrogens (primary N) is 1. The van der Waals surface area contributed by atoms with Crippen molar-refractivity contribution in [1.29, 1.82) is 0 Å². The number of hydrogen-bond donors (Lipinski definition) is 2. The van der Waals surface area contributed by atoms with Crippen molar-refractivity contribution in [2.24, 2.45) is 5.84 Å². The first kappa shape index (κ1) is 8.69. The number of piperazine rings is 1. The summed E-state index contributed by atoms with van der Waals surface area (Å²) < 4.78 is 0. The quantitative estimate of drug-likeness (QED) is 0.614. The second-order valence-corrected chi connectivity index (χ2v) is 3.41. The van der Waals surface area contributed by atoms with Crippen molar-refractivity contribution < 1.29 is 0 Å². The van der Waals surface area contributed by atoms with Gasteiger partial charge in [-0.2, -0.15) is 0 Å². The predicted octanol–water partition coefficient (Wildman–Crippen LogP) is 0.507. The van der Waals surface area contributed by atoms with Gasteiger partial charge < -0.3 is 5.32 Å². The minimum Gasteiger partial charge on any atom is -0.307 e. The fraction of sp³-hybridized carbons (Fsp3) is 0.400. The van der Waals surface area contributed by atoms with Crippen LogP contribution in [-0.2, 0) is 0 Å². The predicted molar refractivity (Wildman–Crippen MR) is 52.9 cm³/mol. The molecule has 0 radical (unpaired) electrons. The molecule has 3 nitrogen and oxygen atoms in total. The lowest BCUT2D eigenvalue weighted by molar-refractivity contribution is 0.205. The summed E-state index contributed by atoms with van der Waals surface area (Å²) in [6.07, 6.45) is 0. The van der Waals surface area contributed by atoms with E-state index in [1.54, 1.807) is 0 Å². The Morgan fingerprint density at radius 1 is 1.31 bits per heavy atom. The van der Waals surface area contributed by atoms with Gasteiger partial charge in [0, 0.05) is 25.7 Å². The number of nitrogens with zero attached hydrogens (tertiary/aromatic N) is 1. The monoisotopic (exact) mass is 177 g/mol. The van der Waals surface area contributed by atoms with E-state index in [1.807, 2.05) is 11.1 Å². The van der Waals surface area contributed by atoms with Gasteiger partial charge in [-0.25, -0.2) is 5.01 Å². The van der Waals surface area contributed by atoms with E-state index < -0.39 is 0 Å². The van der Waals surface area contributed by atoms with Crippen LogP contribution < -0.4 is 11.2 Å². The Labute approximate surface area is 78.5 Å².